The van der Waals surface area contributed by atoms with Crippen molar-refractivity contribution in [2.24, 2.45) is 0 Å². The van der Waals surface area contributed by atoms with E-state index in [0.717, 1.165) is 9.37 Å². The van der Waals surface area contributed by atoms with Crippen LogP contribution in [-0.4, -0.2) is 36.2 Å². The molecule has 2 aromatic carbocycles. The van der Waals surface area contributed by atoms with Crippen LogP contribution in [0.25, 0.3) is 0 Å². The Morgan fingerprint density at radius 3 is 2.52 bits per heavy atom. The molecule has 0 fully saturated rings. The Kier molecular flexibility index (Phi) is 7.46. The molecule has 25 heavy (non-hydrogen) atoms. The highest BCUT2D eigenvalue weighted by molar-refractivity contribution is 9.10. The van der Waals surface area contributed by atoms with Crippen molar-refractivity contribution in [3.05, 3.63) is 64.4 Å². The van der Waals surface area contributed by atoms with Gasteiger partial charge in [0.25, 0.3) is 5.91 Å². The maximum Gasteiger partial charge on any atom is 0.316 e. The van der Waals surface area contributed by atoms with E-state index in [1.54, 1.807) is 25.2 Å². The van der Waals surface area contributed by atoms with Gasteiger partial charge in [0.05, 0.1) is 5.75 Å². The van der Waals surface area contributed by atoms with Crippen LogP contribution in [0.15, 0.2) is 57.9 Å². The molecule has 0 aromatic heterocycles. The summed E-state index contributed by atoms with van der Waals surface area (Å²) in [4.78, 5) is 26.0. The summed E-state index contributed by atoms with van der Waals surface area (Å²) in [6, 6.07) is 13.8. The van der Waals surface area contributed by atoms with Crippen molar-refractivity contribution in [2.75, 3.05) is 19.4 Å². The van der Waals surface area contributed by atoms with Crippen molar-refractivity contribution >= 4 is 39.6 Å². The number of rotatable bonds is 7. The van der Waals surface area contributed by atoms with Gasteiger partial charge in [-0.05, 0) is 30.3 Å². The molecular weight excluding hydrogens is 409 g/mol. The van der Waals surface area contributed by atoms with Crippen LogP contribution < -0.4 is 0 Å². The molecule has 0 spiro atoms. The van der Waals surface area contributed by atoms with Gasteiger partial charge in [0, 0.05) is 28.5 Å². The maximum absolute atomic E-state index is 13.6. The van der Waals surface area contributed by atoms with Gasteiger partial charge in [0.15, 0.2) is 6.61 Å². The number of hydrogen-bond acceptors (Lipinski definition) is 4. The zero-order valence-electron chi connectivity index (χ0n) is 13.6. The molecule has 132 valence electrons. The van der Waals surface area contributed by atoms with Crippen LogP contribution in [0.2, 0.25) is 0 Å². The second kappa shape index (κ2) is 9.58. The van der Waals surface area contributed by atoms with E-state index in [4.69, 9.17) is 4.74 Å². The number of carbonyl (C=O) groups excluding carboxylic acids is 2. The number of carbonyl (C=O) groups is 2. The molecule has 2 rings (SSSR count). The van der Waals surface area contributed by atoms with Gasteiger partial charge in [-0.1, -0.05) is 34.1 Å². The number of benzene rings is 2. The Hall–Kier alpha value is -1.86. The summed E-state index contributed by atoms with van der Waals surface area (Å²) in [5, 5.41) is 0. The second-order valence-corrected chi connectivity index (χ2v) is 7.21. The smallest absolute Gasteiger partial charge is 0.316 e. The standard InChI is InChI=1S/C18H17BrFNO3S/c1-21(10-13-4-2-3-5-16(13)20)17(22)11-24-18(23)12-25-15-8-6-14(19)7-9-15/h2-9H,10-12H2,1H3. The van der Waals surface area contributed by atoms with Crippen molar-refractivity contribution in [3.63, 3.8) is 0 Å². The van der Waals surface area contributed by atoms with Gasteiger partial charge in [0.2, 0.25) is 0 Å². The van der Waals surface area contributed by atoms with E-state index in [-0.39, 0.29) is 30.6 Å². The summed E-state index contributed by atoms with van der Waals surface area (Å²) >= 11 is 4.67. The van der Waals surface area contributed by atoms with E-state index in [2.05, 4.69) is 15.9 Å². The Morgan fingerprint density at radius 2 is 1.84 bits per heavy atom. The molecule has 0 unspecified atom stereocenters. The molecule has 0 radical (unpaired) electrons. The minimum Gasteiger partial charge on any atom is -0.455 e. The first kappa shape index (κ1) is 19.5. The lowest BCUT2D eigenvalue weighted by atomic mass is 10.2. The first-order valence-corrected chi connectivity index (χ1v) is 9.25. The van der Waals surface area contributed by atoms with Gasteiger partial charge >= 0.3 is 5.97 Å². The van der Waals surface area contributed by atoms with E-state index in [1.165, 1.54) is 22.7 Å². The van der Waals surface area contributed by atoms with Crippen molar-refractivity contribution in [1.29, 1.82) is 0 Å². The molecule has 0 bridgehead atoms. The van der Waals surface area contributed by atoms with Gasteiger partial charge in [-0.15, -0.1) is 11.8 Å². The maximum atomic E-state index is 13.6. The Morgan fingerprint density at radius 1 is 1.16 bits per heavy atom. The van der Waals surface area contributed by atoms with E-state index in [0.29, 0.717) is 5.56 Å². The molecule has 2 aromatic rings. The summed E-state index contributed by atoms with van der Waals surface area (Å²) in [5.41, 5.74) is 0.412. The Bertz CT molecular complexity index is 739. The highest BCUT2D eigenvalue weighted by Gasteiger charge is 2.14. The highest BCUT2D eigenvalue weighted by Crippen LogP contribution is 2.20. The lowest BCUT2D eigenvalue weighted by molar-refractivity contribution is -0.149. The molecule has 0 heterocycles. The molecule has 0 N–H and O–H groups in total. The van der Waals surface area contributed by atoms with E-state index in [9.17, 15) is 14.0 Å². The van der Waals surface area contributed by atoms with Crippen LogP contribution >= 0.6 is 27.7 Å². The van der Waals surface area contributed by atoms with Crippen LogP contribution in [0.5, 0.6) is 0 Å². The molecule has 1 amide bonds. The summed E-state index contributed by atoms with van der Waals surface area (Å²) < 4.78 is 19.5. The van der Waals surface area contributed by atoms with Gasteiger partial charge in [-0.3, -0.25) is 9.59 Å². The summed E-state index contributed by atoms with van der Waals surface area (Å²) in [7, 11) is 1.54. The summed E-state index contributed by atoms with van der Waals surface area (Å²) in [6.07, 6.45) is 0. The van der Waals surface area contributed by atoms with Gasteiger partial charge in [0.1, 0.15) is 5.82 Å². The fourth-order valence-corrected chi connectivity index (χ4v) is 2.90. The van der Waals surface area contributed by atoms with Crippen LogP contribution in [0.4, 0.5) is 4.39 Å². The monoisotopic (exact) mass is 425 g/mol. The Labute approximate surface area is 158 Å². The number of amides is 1. The number of likely N-dealkylation sites (N-methyl/N-ethyl adjacent to an activating group) is 1. The average molecular weight is 426 g/mol. The lowest BCUT2D eigenvalue weighted by Crippen LogP contribution is -2.31. The third kappa shape index (κ3) is 6.51. The number of ether oxygens (including phenoxy) is 1. The number of nitrogens with zero attached hydrogens (tertiary/aromatic N) is 1. The Balaban J connectivity index is 1.74. The van der Waals surface area contributed by atoms with Crippen molar-refractivity contribution < 1.29 is 18.7 Å². The first-order chi connectivity index (χ1) is 12.0. The highest BCUT2D eigenvalue weighted by atomic mass is 79.9. The average Bonchev–Trinajstić information content (AvgIpc) is 2.61. The SMILES string of the molecule is CN(Cc1ccccc1F)C(=O)COC(=O)CSc1ccc(Br)cc1. The molecular formula is C18H17BrFNO3S. The van der Waals surface area contributed by atoms with E-state index in [1.807, 2.05) is 24.3 Å². The lowest BCUT2D eigenvalue weighted by Gasteiger charge is -2.17. The fraction of sp³-hybridized carbons (Fsp3) is 0.222. The predicted molar refractivity (Wildman–Crippen MR) is 98.7 cm³/mol. The minimum atomic E-state index is -0.472. The quantitative estimate of drug-likeness (QED) is 0.498. The van der Waals surface area contributed by atoms with Gasteiger partial charge in [-0.2, -0.15) is 0 Å². The van der Waals surface area contributed by atoms with Crippen molar-refractivity contribution in [3.8, 4) is 0 Å². The first-order valence-electron chi connectivity index (χ1n) is 7.47. The molecule has 0 saturated carbocycles. The number of esters is 1. The zero-order chi connectivity index (χ0) is 18.2. The predicted octanol–water partition coefficient (Wildman–Crippen LogP) is 3.88. The second-order valence-electron chi connectivity index (χ2n) is 5.24. The molecule has 7 heteroatoms. The number of thioether (sulfide) groups is 1. The van der Waals surface area contributed by atoms with Crippen LogP contribution in [-0.2, 0) is 20.9 Å². The summed E-state index contributed by atoms with van der Waals surface area (Å²) in [5.74, 6) is -1.11. The van der Waals surface area contributed by atoms with E-state index >= 15 is 0 Å². The third-order valence-electron chi connectivity index (χ3n) is 3.32. The van der Waals surface area contributed by atoms with Gasteiger partial charge < -0.3 is 9.64 Å². The van der Waals surface area contributed by atoms with Gasteiger partial charge in [-0.25, -0.2) is 4.39 Å². The third-order valence-corrected chi connectivity index (χ3v) is 4.83. The van der Waals surface area contributed by atoms with Crippen LogP contribution in [0.3, 0.4) is 0 Å². The van der Waals surface area contributed by atoms with E-state index < -0.39 is 5.97 Å². The number of hydrogen-bond donors (Lipinski definition) is 0. The van der Waals surface area contributed by atoms with Crippen LogP contribution in [0, 0.1) is 5.82 Å². The number of halogens is 2. The topological polar surface area (TPSA) is 46.6 Å². The molecule has 0 atom stereocenters. The largest absolute Gasteiger partial charge is 0.455 e. The van der Waals surface area contributed by atoms with Crippen LogP contribution in [0.1, 0.15) is 5.56 Å². The molecule has 4 nitrogen and oxygen atoms in total. The molecule has 0 saturated heterocycles. The molecule has 0 aliphatic rings. The zero-order valence-corrected chi connectivity index (χ0v) is 16.0. The molecule has 0 aliphatic heterocycles. The summed E-state index contributed by atoms with van der Waals surface area (Å²) in [6.45, 7) is -0.235. The fourth-order valence-electron chi connectivity index (χ4n) is 1.94. The molecule has 0 aliphatic carbocycles. The van der Waals surface area contributed by atoms with Crippen molar-refractivity contribution in [2.45, 2.75) is 11.4 Å². The van der Waals surface area contributed by atoms with Crippen molar-refractivity contribution in [1.82, 2.24) is 4.90 Å². The normalized spacial score (nSPS) is 10.4. The minimum absolute atomic E-state index is 0.117.